The van der Waals surface area contributed by atoms with Crippen LogP contribution in [-0.4, -0.2) is 24.4 Å². The second-order valence-electron chi connectivity index (χ2n) is 5.66. The van der Waals surface area contributed by atoms with Crippen LogP contribution in [-0.2, 0) is 11.3 Å². The molecule has 0 spiro atoms. The number of benzene rings is 1. The average Bonchev–Trinajstić information content (AvgIpc) is 2.35. The monoisotopic (exact) mass is 262 g/mol. The lowest BCUT2D eigenvalue weighted by molar-refractivity contribution is -0.131. The minimum Gasteiger partial charge on any atom is -0.341 e. The molecule has 1 atom stereocenters. The number of nitrogens with two attached hydrogens (primary N) is 1. The minimum atomic E-state index is 0.163. The summed E-state index contributed by atoms with van der Waals surface area (Å²) in [4.78, 5) is 13.8. The molecule has 0 aliphatic heterocycles. The summed E-state index contributed by atoms with van der Waals surface area (Å²) in [5.74, 6) is 0.409. The highest BCUT2D eigenvalue weighted by Gasteiger charge is 2.14. The highest BCUT2D eigenvalue weighted by atomic mass is 16.2. The van der Waals surface area contributed by atoms with Gasteiger partial charge < -0.3 is 10.6 Å². The third kappa shape index (κ3) is 4.35. The Morgan fingerprint density at radius 2 is 1.79 bits per heavy atom. The predicted octanol–water partition coefficient (Wildman–Crippen LogP) is 2.56. The van der Waals surface area contributed by atoms with Gasteiger partial charge in [-0.15, -0.1) is 0 Å². The number of nitrogens with zero attached hydrogens (tertiary/aromatic N) is 1. The molecule has 0 aliphatic rings. The average molecular weight is 262 g/mol. The van der Waals surface area contributed by atoms with Gasteiger partial charge >= 0.3 is 0 Å². The molecule has 1 rings (SSSR count). The second kappa shape index (κ2) is 6.71. The standard InChI is InChI=1S/C16H26N2O/c1-11(9-17)6-16(19)18(5)10-15-8-13(3)12(2)7-14(15)4/h7-8,11H,6,9-10,17H2,1-5H3. The van der Waals surface area contributed by atoms with Gasteiger partial charge in [0.15, 0.2) is 0 Å². The van der Waals surface area contributed by atoms with Crippen molar-refractivity contribution in [3.63, 3.8) is 0 Å². The van der Waals surface area contributed by atoms with E-state index >= 15 is 0 Å². The first-order valence-electron chi connectivity index (χ1n) is 6.86. The highest BCUT2D eigenvalue weighted by molar-refractivity contribution is 5.76. The second-order valence-corrected chi connectivity index (χ2v) is 5.66. The van der Waals surface area contributed by atoms with Crippen molar-refractivity contribution in [2.75, 3.05) is 13.6 Å². The van der Waals surface area contributed by atoms with E-state index in [1.165, 1.54) is 22.3 Å². The molecule has 1 aromatic carbocycles. The molecule has 0 radical (unpaired) electrons. The molecule has 0 aromatic heterocycles. The molecule has 1 amide bonds. The molecule has 3 nitrogen and oxygen atoms in total. The number of hydrogen-bond donors (Lipinski definition) is 1. The van der Waals surface area contributed by atoms with Crippen LogP contribution in [0.5, 0.6) is 0 Å². The smallest absolute Gasteiger partial charge is 0.222 e. The lowest BCUT2D eigenvalue weighted by atomic mass is 10.0. The van der Waals surface area contributed by atoms with E-state index in [0.717, 1.165) is 0 Å². The van der Waals surface area contributed by atoms with Gasteiger partial charge in [-0.3, -0.25) is 4.79 Å². The van der Waals surface area contributed by atoms with Crippen molar-refractivity contribution >= 4 is 5.91 Å². The SMILES string of the molecule is Cc1cc(C)c(CN(C)C(=O)CC(C)CN)cc1C. The summed E-state index contributed by atoms with van der Waals surface area (Å²) in [5.41, 5.74) is 10.6. The summed E-state index contributed by atoms with van der Waals surface area (Å²) in [6.45, 7) is 9.56. The summed E-state index contributed by atoms with van der Waals surface area (Å²) in [6, 6.07) is 4.37. The third-order valence-electron chi connectivity index (χ3n) is 3.71. The number of hydrogen-bond acceptors (Lipinski definition) is 2. The fraction of sp³-hybridized carbons (Fsp3) is 0.562. The Kier molecular flexibility index (Phi) is 5.55. The Labute approximate surface area is 116 Å². The van der Waals surface area contributed by atoms with Gasteiger partial charge in [-0.2, -0.15) is 0 Å². The quantitative estimate of drug-likeness (QED) is 0.886. The van der Waals surface area contributed by atoms with E-state index in [2.05, 4.69) is 32.9 Å². The van der Waals surface area contributed by atoms with Crippen molar-refractivity contribution in [1.29, 1.82) is 0 Å². The number of aryl methyl sites for hydroxylation is 3. The van der Waals surface area contributed by atoms with Crippen molar-refractivity contribution in [3.8, 4) is 0 Å². The summed E-state index contributed by atoms with van der Waals surface area (Å²) in [5, 5.41) is 0. The van der Waals surface area contributed by atoms with Crippen LogP contribution in [0.1, 0.15) is 35.6 Å². The Bertz CT molecular complexity index is 454. The third-order valence-corrected chi connectivity index (χ3v) is 3.71. The van der Waals surface area contributed by atoms with Crippen LogP contribution in [0.3, 0.4) is 0 Å². The van der Waals surface area contributed by atoms with E-state index in [-0.39, 0.29) is 11.8 Å². The first-order chi connectivity index (χ1) is 8.85. The van der Waals surface area contributed by atoms with E-state index < -0.39 is 0 Å². The summed E-state index contributed by atoms with van der Waals surface area (Å²) in [6.07, 6.45) is 0.525. The Morgan fingerprint density at radius 3 is 2.37 bits per heavy atom. The maximum atomic E-state index is 12.1. The molecule has 3 heteroatoms. The molecule has 0 heterocycles. The molecule has 19 heavy (non-hydrogen) atoms. The molecular formula is C16H26N2O. The van der Waals surface area contributed by atoms with Crippen LogP contribution in [0, 0.1) is 26.7 Å². The topological polar surface area (TPSA) is 46.3 Å². The summed E-state index contributed by atoms with van der Waals surface area (Å²) < 4.78 is 0. The summed E-state index contributed by atoms with van der Waals surface area (Å²) in [7, 11) is 1.86. The van der Waals surface area contributed by atoms with Crippen LogP contribution in [0.4, 0.5) is 0 Å². The largest absolute Gasteiger partial charge is 0.341 e. The van der Waals surface area contributed by atoms with Crippen LogP contribution in [0.25, 0.3) is 0 Å². The van der Waals surface area contributed by atoms with Gasteiger partial charge in [0.05, 0.1) is 0 Å². The van der Waals surface area contributed by atoms with Crippen LogP contribution < -0.4 is 5.73 Å². The lowest BCUT2D eigenvalue weighted by Crippen LogP contribution is -2.29. The normalized spacial score (nSPS) is 12.3. The number of carbonyl (C=O) groups excluding carboxylic acids is 1. The molecule has 2 N–H and O–H groups in total. The molecule has 1 aromatic rings. The first kappa shape index (κ1) is 15.7. The molecule has 106 valence electrons. The molecule has 0 aliphatic carbocycles. The number of amides is 1. The zero-order chi connectivity index (χ0) is 14.6. The van der Waals surface area contributed by atoms with Crippen LogP contribution in [0.15, 0.2) is 12.1 Å². The summed E-state index contributed by atoms with van der Waals surface area (Å²) >= 11 is 0. The molecule has 0 saturated carbocycles. The molecule has 1 unspecified atom stereocenters. The van der Waals surface area contributed by atoms with Gasteiger partial charge in [0.25, 0.3) is 0 Å². The fourth-order valence-corrected chi connectivity index (χ4v) is 2.07. The van der Waals surface area contributed by atoms with Crippen molar-refractivity contribution in [2.45, 2.75) is 40.7 Å². The zero-order valence-corrected chi connectivity index (χ0v) is 12.8. The Hall–Kier alpha value is -1.35. The first-order valence-corrected chi connectivity index (χ1v) is 6.86. The number of carbonyl (C=O) groups is 1. The highest BCUT2D eigenvalue weighted by Crippen LogP contribution is 2.17. The van der Waals surface area contributed by atoms with E-state index in [0.29, 0.717) is 19.5 Å². The van der Waals surface area contributed by atoms with Crippen molar-refractivity contribution in [3.05, 3.63) is 34.4 Å². The van der Waals surface area contributed by atoms with Gasteiger partial charge in [0, 0.05) is 20.0 Å². The maximum Gasteiger partial charge on any atom is 0.222 e. The predicted molar refractivity (Wildman–Crippen MR) is 80.0 cm³/mol. The van der Waals surface area contributed by atoms with E-state index in [1.54, 1.807) is 4.90 Å². The van der Waals surface area contributed by atoms with Gasteiger partial charge in [-0.25, -0.2) is 0 Å². The zero-order valence-electron chi connectivity index (χ0n) is 12.8. The van der Waals surface area contributed by atoms with Gasteiger partial charge in [0.1, 0.15) is 0 Å². The van der Waals surface area contributed by atoms with Crippen LogP contribution in [0.2, 0.25) is 0 Å². The van der Waals surface area contributed by atoms with Crippen molar-refractivity contribution in [2.24, 2.45) is 11.7 Å². The van der Waals surface area contributed by atoms with E-state index in [9.17, 15) is 4.79 Å². The lowest BCUT2D eigenvalue weighted by Gasteiger charge is -2.21. The van der Waals surface area contributed by atoms with E-state index in [1.807, 2.05) is 14.0 Å². The molecular weight excluding hydrogens is 236 g/mol. The minimum absolute atomic E-state index is 0.163. The van der Waals surface area contributed by atoms with Gasteiger partial charge in [0.2, 0.25) is 5.91 Å². The van der Waals surface area contributed by atoms with Crippen LogP contribution >= 0.6 is 0 Å². The Balaban J connectivity index is 2.74. The molecule has 0 saturated heterocycles. The van der Waals surface area contributed by atoms with E-state index in [4.69, 9.17) is 5.73 Å². The van der Waals surface area contributed by atoms with Gasteiger partial charge in [-0.1, -0.05) is 19.1 Å². The fourth-order valence-electron chi connectivity index (χ4n) is 2.07. The molecule has 0 bridgehead atoms. The van der Waals surface area contributed by atoms with Gasteiger partial charge in [-0.05, 0) is 55.5 Å². The molecule has 0 fully saturated rings. The number of rotatable bonds is 5. The van der Waals surface area contributed by atoms with Crippen molar-refractivity contribution < 1.29 is 4.79 Å². The maximum absolute atomic E-state index is 12.1. The Morgan fingerprint density at radius 1 is 1.21 bits per heavy atom. The van der Waals surface area contributed by atoms with Crippen molar-refractivity contribution in [1.82, 2.24) is 4.90 Å².